The molecule has 1 aliphatic rings. The number of ketones is 1. The summed E-state index contributed by atoms with van der Waals surface area (Å²) >= 11 is 5.68. The molecule has 0 saturated heterocycles. The maximum Gasteiger partial charge on any atom is 0.340 e. The van der Waals surface area contributed by atoms with Crippen LogP contribution in [0.5, 0.6) is 0 Å². The molecule has 1 aliphatic carbocycles. The second-order valence-corrected chi connectivity index (χ2v) is 6.01. The number of hydrogen-bond donors (Lipinski definition) is 0. The highest BCUT2D eigenvalue weighted by atomic mass is 35.5. The van der Waals surface area contributed by atoms with E-state index in [4.69, 9.17) is 16.3 Å². The monoisotopic (exact) mass is 329 g/mol. The van der Waals surface area contributed by atoms with Crippen LogP contribution in [0.15, 0.2) is 36.5 Å². The Hall–Kier alpha value is -2.20. The van der Waals surface area contributed by atoms with Crippen LogP contribution >= 0.6 is 11.6 Å². The maximum absolute atomic E-state index is 12.5. The van der Waals surface area contributed by atoms with Crippen molar-refractivity contribution in [2.75, 3.05) is 0 Å². The van der Waals surface area contributed by atoms with Gasteiger partial charge in [0.05, 0.1) is 5.56 Å². The normalized spacial score (nSPS) is 14.2. The van der Waals surface area contributed by atoms with Gasteiger partial charge in [0.15, 0.2) is 6.10 Å². The van der Waals surface area contributed by atoms with Crippen LogP contribution < -0.4 is 0 Å². The molecule has 0 spiro atoms. The number of nitrogens with zero attached hydrogens (tertiary/aromatic N) is 1. The fourth-order valence-corrected chi connectivity index (χ4v) is 2.85. The Morgan fingerprint density at radius 2 is 1.87 bits per heavy atom. The van der Waals surface area contributed by atoms with Gasteiger partial charge in [0.25, 0.3) is 0 Å². The van der Waals surface area contributed by atoms with Crippen LogP contribution in [0.3, 0.4) is 0 Å². The van der Waals surface area contributed by atoms with E-state index in [1.807, 2.05) is 12.1 Å². The fourth-order valence-electron chi connectivity index (χ4n) is 2.74. The standard InChI is InChI=1S/C18H16ClNO3/c1-11(23-18(22)15-7-8-16(19)20-10-15)17(21)14-6-5-12-3-2-4-13(12)9-14/h5-11H,2-4H2,1H3/t11-/m0/s1. The van der Waals surface area contributed by atoms with Crippen molar-refractivity contribution in [3.63, 3.8) is 0 Å². The molecule has 1 heterocycles. The fraction of sp³-hybridized carbons (Fsp3) is 0.278. The number of rotatable bonds is 4. The number of esters is 1. The van der Waals surface area contributed by atoms with Crippen molar-refractivity contribution in [2.45, 2.75) is 32.3 Å². The predicted molar refractivity (Wildman–Crippen MR) is 86.9 cm³/mol. The number of aryl methyl sites for hydroxylation is 2. The van der Waals surface area contributed by atoms with Crippen molar-refractivity contribution in [2.24, 2.45) is 0 Å². The molecule has 118 valence electrons. The van der Waals surface area contributed by atoms with Crippen molar-refractivity contribution < 1.29 is 14.3 Å². The van der Waals surface area contributed by atoms with E-state index in [1.54, 1.807) is 13.0 Å². The molecule has 23 heavy (non-hydrogen) atoms. The highest BCUT2D eigenvalue weighted by Crippen LogP contribution is 2.23. The largest absolute Gasteiger partial charge is 0.451 e. The molecule has 4 nitrogen and oxygen atoms in total. The number of fused-ring (bicyclic) bond motifs is 1. The van der Waals surface area contributed by atoms with E-state index in [0.717, 1.165) is 19.3 Å². The Morgan fingerprint density at radius 3 is 2.61 bits per heavy atom. The molecule has 0 fully saturated rings. The molecule has 1 aromatic carbocycles. The third kappa shape index (κ3) is 3.42. The molecule has 3 rings (SSSR count). The minimum Gasteiger partial charge on any atom is -0.451 e. The quantitative estimate of drug-likeness (QED) is 0.488. The van der Waals surface area contributed by atoms with Crippen molar-refractivity contribution in [1.82, 2.24) is 4.98 Å². The first kappa shape index (κ1) is 15.7. The number of aromatic nitrogens is 1. The predicted octanol–water partition coefficient (Wildman–Crippen LogP) is 3.65. The number of pyridine rings is 1. The molecule has 0 saturated carbocycles. The van der Waals surface area contributed by atoms with E-state index in [0.29, 0.717) is 10.7 Å². The Bertz CT molecular complexity index is 755. The van der Waals surface area contributed by atoms with Gasteiger partial charge in [0, 0.05) is 11.8 Å². The second kappa shape index (κ2) is 6.50. The first-order chi connectivity index (χ1) is 11.0. The van der Waals surface area contributed by atoms with Crippen molar-refractivity contribution >= 4 is 23.4 Å². The number of ether oxygens (including phenoxy) is 1. The van der Waals surface area contributed by atoms with Gasteiger partial charge >= 0.3 is 5.97 Å². The average Bonchev–Trinajstić information content (AvgIpc) is 3.02. The first-order valence-electron chi connectivity index (χ1n) is 7.53. The molecule has 1 aromatic heterocycles. The third-order valence-corrected chi connectivity index (χ3v) is 4.22. The zero-order valence-electron chi connectivity index (χ0n) is 12.7. The van der Waals surface area contributed by atoms with E-state index in [1.165, 1.54) is 29.5 Å². The van der Waals surface area contributed by atoms with Gasteiger partial charge in [-0.25, -0.2) is 9.78 Å². The van der Waals surface area contributed by atoms with Crippen LogP contribution in [0.2, 0.25) is 5.15 Å². The second-order valence-electron chi connectivity index (χ2n) is 5.62. The lowest BCUT2D eigenvalue weighted by molar-refractivity contribution is 0.0318. The number of halogens is 1. The summed E-state index contributed by atoms with van der Waals surface area (Å²) in [6, 6.07) is 8.74. The summed E-state index contributed by atoms with van der Waals surface area (Å²) in [6.07, 6.45) is 3.68. The summed E-state index contributed by atoms with van der Waals surface area (Å²) in [5, 5.41) is 0.295. The molecule has 0 unspecified atom stereocenters. The SMILES string of the molecule is C[C@H](OC(=O)c1ccc(Cl)nc1)C(=O)c1ccc2c(c1)CCC2. The molecule has 0 bridgehead atoms. The molecule has 0 aliphatic heterocycles. The van der Waals surface area contributed by atoms with Gasteiger partial charge in [-0.1, -0.05) is 23.7 Å². The third-order valence-electron chi connectivity index (χ3n) is 4.00. The smallest absolute Gasteiger partial charge is 0.340 e. The van der Waals surface area contributed by atoms with E-state index in [9.17, 15) is 9.59 Å². The van der Waals surface area contributed by atoms with Gasteiger partial charge in [-0.3, -0.25) is 4.79 Å². The van der Waals surface area contributed by atoms with Crippen LogP contribution in [-0.2, 0) is 17.6 Å². The Kier molecular flexibility index (Phi) is 4.44. The summed E-state index contributed by atoms with van der Waals surface area (Å²) in [6.45, 7) is 1.58. The lowest BCUT2D eigenvalue weighted by atomic mass is 10.0. The zero-order valence-corrected chi connectivity index (χ0v) is 13.5. The molecule has 1 atom stereocenters. The summed E-state index contributed by atoms with van der Waals surface area (Å²) < 4.78 is 5.24. The molecule has 0 amide bonds. The topological polar surface area (TPSA) is 56.3 Å². The number of benzene rings is 1. The van der Waals surface area contributed by atoms with E-state index in [2.05, 4.69) is 4.98 Å². The minimum atomic E-state index is -0.849. The number of carbonyl (C=O) groups excluding carboxylic acids is 2. The maximum atomic E-state index is 12.5. The van der Waals surface area contributed by atoms with Crippen LogP contribution in [0.1, 0.15) is 45.2 Å². The molecule has 0 N–H and O–H groups in total. The lowest BCUT2D eigenvalue weighted by Crippen LogP contribution is -2.24. The van der Waals surface area contributed by atoms with Crippen LogP contribution in [0, 0.1) is 0 Å². The van der Waals surface area contributed by atoms with Gasteiger partial charge in [-0.05, 0) is 55.5 Å². The van der Waals surface area contributed by atoms with Crippen molar-refractivity contribution in [3.8, 4) is 0 Å². The van der Waals surface area contributed by atoms with E-state index in [-0.39, 0.29) is 11.3 Å². The molecular weight excluding hydrogens is 314 g/mol. The molecule has 2 aromatic rings. The minimum absolute atomic E-state index is 0.199. The van der Waals surface area contributed by atoms with Gasteiger partial charge in [0.1, 0.15) is 5.15 Å². The van der Waals surface area contributed by atoms with Gasteiger partial charge in [-0.15, -0.1) is 0 Å². The molecular formula is C18H16ClNO3. The highest BCUT2D eigenvalue weighted by Gasteiger charge is 2.22. The van der Waals surface area contributed by atoms with E-state index >= 15 is 0 Å². The van der Waals surface area contributed by atoms with Gasteiger partial charge in [0.2, 0.25) is 5.78 Å². The van der Waals surface area contributed by atoms with Crippen LogP contribution in [0.25, 0.3) is 0 Å². The lowest BCUT2D eigenvalue weighted by Gasteiger charge is -2.13. The highest BCUT2D eigenvalue weighted by molar-refractivity contribution is 6.29. The Morgan fingerprint density at radius 1 is 1.13 bits per heavy atom. The Balaban J connectivity index is 1.70. The molecule has 5 heteroatoms. The van der Waals surface area contributed by atoms with Crippen LogP contribution in [0.4, 0.5) is 0 Å². The van der Waals surface area contributed by atoms with E-state index < -0.39 is 12.1 Å². The van der Waals surface area contributed by atoms with Crippen molar-refractivity contribution in [3.05, 3.63) is 63.9 Å². The summed E-state index contributed by atoms with van der Waals surface area (Å²) in [5.74, 6) is -0.786. The Labute approximate surface area is 139 Å². The number of Topliss-reactive ketones (excluding diaryl/α,β-unsaturated/α-hetero) is 1. The van der Waals surface area contributed by atoms with Gasteiger partial charge in [-0.2, -0.15) is 0 Å². The summed E-state index contributed by atoms with van der Waals surface area (Å²) in [7, 11) is 0. The number of hydrogen-bond acceptors (Lipinski definition) is 4. The number of carbonyl (C=O) groups is 2. The van der Waals surface area contributed by atoms with Gasteiger partial charge < -0.3 is 4.74 Å². The van der Waals surface area contributed by atoms with Crippen LogP contribution in [-0.4, -0.2) is 22.8 Å². The average molecular weight is 330 g/mol. The first-order valence-corrected chi connectivity index (χ1v) is 7.91. The summed E-state index contributed by atoms with van der Waals surface area (Å²) in [4.78, 5) is 28.3. The summed E-state index contributed by atoms with van der Waals surface area (Å²) in [5.41, 5.74) is 3.37. The van der Waals surface area contributed by atoms with Crippen molar-refractivity contribution in [1.29, 1.82) is 0 Å². The molecule has 0 radical (unpaired) electrons. The zero-order chi connectivity index (χ0) is 16.4.